The lowest BCUT2D eigenvalue weighted by Gasteiger charge is -2.20. The van der Waals surface area contributed by atoms with Gasteiger partial charge in [0.05, 0.1) is 5.71 Å². The number of oxazole rings is 3. The fourth-order valence-electron chi connectivity index (χ4n) is 5.15. The molecular weight excluding hydrogens is 588 g/mol. The number of carbonyl (C=O) groups is 2. The van der Waals surface area contributed by atoms with Crippen LogP contribution in [-0.2, 0) is 24.3 Å². The molecular formula is C33H30N8O5. The second-order valence-corrected chi connectivity index (χ2v) is 11.4. The van der Waals surface area contributed by atoms with Crippen LogP contribution in [0.4, 0.5) is 0 Å². The van der Waals surface area contributed by atoms with E-state index in [1.807, 2.05) is 20.2 Å². The molecule has 2 amide bonds. The number of amides is 2. The zero-order valence-corrected chi connectivity index (χ0v) is 25.4. The Bertz CT molecular complexity index is 2020. The third kappa shape index (κ3) is 6.00. The maximum Gasteiger partial charge on any atom is 0.273 e. The van der Waals surface area contributed by atoms with Crippen LogP contribution in [0.15, 0.2) is 85.2 Å². The molecule has 232 valence electrons. The van der Waals surface area contributed by atoms with E-state index in [2.05, 4.69) is 59.5 Å². The van der Waals surface area contributed by atoms with Crippen LogP contribution in [0.2, 0.25) is 0 Å². The molecule has 2 aliphatic rings. The molecule has 13 nitrogen and oxygen atoms in total. The van der Waals surface area contributed by atoms with Gasteiger partial charge in [-0.1, -0.05) is 24.3 Å². The van der Waals surface area contributed by atoms with Gasteiger partial charge in [-0.05, 0) is 62.3 Å². The number of nitrogens with one attached hydrogen (secondary N) is 2. The van der Waals surface area contributed by atoms with Gasteiger partial charge in [0.2, 0.25) is 17.7 Å². The van der Waals surface area contributed by atoms with E-state index >= 15 is 0 Å². The molecule has 4 aromatic heterocycles. The Morgan fingerprint density at radius 3 is 2.04 bits per heavy atom. The maximum atomic E-state index is 13.1. The van der Waals surface area contributed by atoms with E-state index in [4.69, 9.17) is 13.3 Å². The van der Waals surface area contributed by atoms with Crippen molar-refractivity contribution in [3.8, 4) is 34.8 Å². The van der Waals surface area contributed by atoms with Crippen molar-refractivity contribution in [2.24, 2.45) is 4.99 Å². The maximum absolute atomic E-state index is 13.1. The van der Waals surface area contributed by atoms with Gasteiger partial charge in [0.25, 0.3) is 11.8 Å². The van der Waals surface area contributed by atoms with Crippen molar-refractivity contribution in [2.45, 2.75) is 38.9 Å². The molecule has 0 saturated heterocycles. The average molecular weight is 619 g/mol. The van der Waals surface area contributed by atoms with Crippen molar-refractivity contribution >= 4 is 17.5 Å². The highest BCUT2D eigenvalue weighted by Gasteiger charge is 2.22. The molecule has 0 fully saturated rings. The minimum Gasteiger partial charge on any atom is -0.443 e. The highest BCUT2D eigenvalue weighted by molar-refractivity contribution is 6.07. The molecule has 6 heterocycles. The van der Waals surface area contributed by atoms with Crippen LogP contribution in [0.1, 0.15) is 46.2 Å². The number of rotatable bonds is 3. The van der Waals surface area contributed by atoms with E-state index in [9.17, 15) is 9.59 Å². The quantitative estimate of drug-likeness (QED) is 0.300. The lowest BCUT2D eigenvalue weighted by atomic mass is 10.00. The first kappa shape index (κ1) is 29.0. The summed E-state index contributed by atoms with van der Waals surface area (Å²) in [6.45, 7) is 2.68. The zero-order valence-electron chi connectivity index (χ0n) is 25.4. The van der Waals surface area contributed by atoms with Crippen LogP contribution >= 0.6 is 0 Å². The topological polar surface area (TPSA) is 165 Å². The number of pyridine rings is 1. The van der Waals surface area contributed by atoms with E-state index in [1.165, 1.54) is 18.8 Å². The fraction of sp³-hybridized carbons (Fsp3) is 0.242. The summed E-state index contributed by atoms with van der Waals surface area (Å²) in [6, 6.07) is 11.6. The number of likely N-dealkylation sites (N-methyl/N-ethyl adjacent to an activating group) is 1. The second kappa shape index (κ2) is 12.0. The van der Waals surface area contributed by atoms with Crippen molar-refractivity contribution in [3.63, 3.8) is 0 Å². The van der Waals surface area contributed by atoms with Crippen molar-refractivity contribution in [2.75, 3.05) is 14.1 Å². The molecule has 12 bridgehead atoms. The predicted octanol–water partition coefficient (Wildman–Crippen LogP) is 4.18. The summed E-state index contributed by atoms with van der Waals surface area (Å²) in [6.07, 6.45) is 7.16. The Morgan fingerprint density at radius 1 is 0.761 bits per heavy atom. The third-order valence-electron chi connectivity index (χ3n) is 7.86. The summed E-state index contributed by atoms with van der Waals surface area (Å²) in [4.78, 5) is 50.8. The number of allylic oxidation sites excluding steroid dienone is 1. The Labute approximate surface area is 263 Å². The van der Waals surface area contributed by atoms with E-state index < -0.39 is 5.91 Å². The standard InChI is InChI=1S/C33H30N8O5/c1-18(41(2)3)9-19-10-20-12-21(11-19)14-35-30(43)27-16-45-33(39-27)28-17-46-32(40-28)25-6-4-5-24(37-25)31-38-26(15-44-31)22-7-8-23(36-22)29(42)34-13-20/h4-6,8,10-12,15-18H,7,9,13-14H2,1-3H3,(H,34,42)(H,35,43). The fourth-order valence-corrected chi connectivity index (χ4v) is 5.15. The highest BCUT2D eigenvalue weighted by atomic mass is 16.4. The first-order valence-electron chi connectivity index (χ1n) is 14.8. The normalized spacial score (nSPS) is 15.5. The Kier molecular flexibility index (Phi) is 7.58. The minimum atomic E-state index is -0.406. The van der Waals surface area contributed by atoms with E-state index in [0.29, 0.717) is 40.6 Å². The third-order valence-corrected chi connectivity index (χ3v) is 7.86. The molecule has 0 aliphatic carbocycles. The Morgan fingerprint density at radius 2 is 1.35 bits per heavy atom. The molecule has 46 heavy (non-hydrogen) atoms. The summed E-state index contributed by atoms with van der Waals surface area (Å²) >= 11 is 0. The van der Waals surface area contributed by atoms with E-state index in [0.717, 1.165) is 23.1 Å². The smallest absolute Gasteiger partial charge is 0.273 e. The van der Waals surface area contributed by atoms with Crippen LogP contribution < -0.4 is 10.6 Å². The molecule has 1 unspecified atom stereocenters. The summed E-state index contributed by atoms with van der Waals surface area (Å²) in [7, 11) is 4.07. The van der Waals surface area contributed by atoms with Crippen molar-refractivity contribution in [1.29, 1.82) is 0 Å². The van der Waals surface area contributed by atoms with Crippen LogP contribution in [0, 0.1) is 0 Å². The molecule has 0 saturated carbocycles. The Balaban J connectivity index is 1.23. The molecule has 2 aliphatic heterocycles. The van der Waals surface area contributed by atoms with Gasteiger partial charge in [-0.2, -0.15) is 0 Å². The van der Waals surface area contributed by atoms with Crippen LogP contribution in [0.3, 0.4) is 0 Å². The minimum absolute atomic E-state index is 0.100. The van der Waals surface area contributed by atoms with Crippen molar-refractivity contribution in [3.05, 3.63) is 95.0 Å². The highest BCUT2D eigenvalue weighted by Crippen LogP contribution is 2.27. The molecule has 0 radical (unpaired) electrons. The average Bonchev–Trinajstić information content (AvgIpc) is 3.88. The monoisotopic (exact) mass is 618 g/mol. The number of hydrogen-bond donors (Lipinski definition) is 2. The number of hydrogen-bond acceptors (Lipinski definition) is 11. The molecule has 0 spiro atoms. The number of benzene rings is 1. The van der Waals surface area contributed by atoms with Crippen LogP contribution in [0.25, 0.3) is 34.8 Å². The number of nitrogens with zero attached hydrogens (tertiary/aromatic N) is 6. The predicted molar refractivity (Wildman–Crippen MR) is 166 cm³/mol. The molecule has 7 rings (SSSR count). The number of carbonyl (C=O) groups excluding carboxylic acids is 2. The molecule has 1 aromatic carbocycles. The number of fused-ring (bicyclic) bond motifs is 15. The molecule has 1 atom stereocenters. The largest absolute Gasteiger partial charge is 0.443 e. The van der Waals surface area contributed by atoms with Crippen LogP contribution in [-0.4, -0.2) is 62.5 Å². The van der Waals surface area contributed by atoms with E-state index in [-0.39, 0.29) is 48.4 Å². The summed E-state index contributed by atoms with van der Waals surface area (Å²) in [5.74, 6) is -0.0674. The molecule has 5 aromatic rings. The lowest BCUT2D eigenvalue weighted by Crippen LogP contribution is -2.27. The van der Waals surface area contributed by atoms with E-state index in [1.54, 1.807) is 24.3 Å². The zero-order chi connectivity index (χ0) is 31.8. The van der Waals surface area contributed by atoms with Gasteiger partial charge in [0.15, 0.2) is 11.4 Å². The first-order chi connectivity index (χ1) is 22.3. The van der Waals surface area contributed by atoms with Gasteiger partial charge in [-0.15, -0.1) is 0 Å². The molecule has 13 heteroatoms. The number of aromatic nitrogens is 4. The SMILES string of the molecule is CC(Cc1cc2cc(c1)CNC(=O)c1coc(n1)-c1coc(n1)-c1cccc(n1)-c1nc(co1)C1=NC(=CC1)C(=O)NC2)N(C)C. The summed E-state index contributed by atoms with van der Waals surface area (Å²) in [5.41, 5.74) is 5.62. The van der Waals surface area contributed by atoms with Crippen molar-refractivity contribution in [1.82, 2.24) is 35.5 Å². The first-order valence-corrected chi connectivity index (χ1v) is 14.8. The summed E-state index contributed by atoms with van der Waals surface area (Å²) < 4.78 is 17.0. The van der Waals surface area contributed by atoms with Gasteiger partial charge in [-0.3, -0.25) is 9.59 Å². The second-order valence-electron chi connectivity index (χ2n) is 11.4. The van der Waals surface area contributed by atoms with Gasteiger partial charge in [0.1, 0.15) is 41.6 Å². The van der Waals surface area contributed by atoms with Gasteiger partial charge < -0.3 is 28.8 Å². The lowest BCUT2D eigenvalue weighted by molar-refractivity contribution is -0.117. The van der Waals surface area contributed by atoms with Gasteiger partial charge in [0, 0.05) is 25.6 Å². The van der Waals surface area contributed by atoms with Crippen molar-refractivity contribution < 1.29 is 22.8 Å². The van der Waals surface area contributed by atoms with Gasteiger partial charge in [-0.25, -0.2) is 24.9 Å². The summed E-state index contributed by atoms with van der Waals surface area (Å²) in [5, 5.41) is 5.91. The number of aliphatic imine (C=N–C) groups is 1. The van der Waals surface area contributed by atoms with Gasteiger partial charge >= 0.3 is 0 Å². The molecule has 2 N–H and O–H groups in total. The van der Waals surface area contributed by atoms with Crippen LogP contribution in [0.5, 0.6) is 0 Å². The Hall–Kier alpha value is -5.69.